The fourth-order valence-corrected chi connectivity index (χ4v) is 1.84. The number of nitrogens with zero attached hydrogens (tertiary/aromatic N) is 1. The molecule has 0 spiro atoms. The van der Waals surface area contributed by atoms with E-state index in [1.165, 1.54) is 6.20 Å². The van der Waals surface area contributed by atoms with E-state index < -0.39 is 5.97 Å². The van der Waals surface area contributed by atoms with Crippen LogP contribution in [0.5, 0.6) is 0 Å². The van der Waals surface area contributed by atoms with Gasteiger partial charge in [0, 0.05) is 17.2 Å². The standard InChI is InChI=1S/C11H15NO2S/c1-3-8(2)15-7-10-5-4-9(6-12-10)11(13)14/h4-6,8H,3,7H2,1-2H3,(H,13,14). The molecule has 0 bridgehead atoms. The molecular formula is C11H15NO2S. The zero-order chi connectivity index (χ0) is 11.3. The Labute approximate surface area is 93.9 Å². The van der Waals surface area contributed by atoms with Crippen molar-refractivity contribution in [3.8, 4) is 0 Å². The molecule has 0 aliphatic carbocycles. The lowest BCUT2D eigenvalue weighted by Crippen LogP contribution is -1.99. The summed E-state index contributed by atoms with van der Waals surface area (Å²) in [6.07, 6.45) is 2.55. The number of carbonyl (C=O) groups is 1. The predicted molar refractivity (Wildman–Crippen MR) is 62.2 cm³/mol. The van der Waals surface area contributed by atoms with Crippen molar-refractivity contribution < 1.29 is 9.90 Å². The van der Waals surface area contributed by atoms with Gasteiger partial charge >= 0.3 is 5.97 Å². The first-order valence-corrected chi connectivity index (χ1v) is 5.98. The highest BCUT2D eigenvalue weighted by Gasteiger charge is 2.04. The van der Waals surface area contributed by atoms with Crippen LogP contribution in [-0.2, 0) is 5.75 Å². The quantitative estimate of drug-likeness (QED) is 0.837. The minimum atomic E-state index is -0.927. The van der Waals surface area contributed by atoms with Crippen molar-refractivity contribution in [2.75, 3.05) is 0 Å². The summed E-state index contributed by atoms with van der Waals surface area (Å²) in [7, 11) is 0. The van der Waals surface area contributed by atoms with Gasteiger partial charge in [-0.3, -0.25) is 4.98 Å². The Kier molecular flexibility index (Phi) is 4.62. The molecule has 0 amide bonds. The van der Waals surface area contributed by atoms with Crippen LogP contribution in [0.25, 0.3) is 0 Å². The molecule has 1 heterocycles. The smallest absolute Gasteiger partial charge is 0.337 e. The molecule has 0 aliphatic heterocycles. The molecule has 1 aromatic heterocycles. The van der Waals surface area contributed by atoms with Crippen LogP contribution in [0.3, 0.4) is 0 Å². The van der Waals surface area contributed by atoms with E-state index in [1.807, 2.05) is 11.8 Å². The van der Waals surface area contributed by atoms with E-state index in [0.29, 0.717) is 5.25 Å². The SMILES string of the molecule is CCC(C)SCc1ccc(C(=O)O)cn1. The first-order chi connectivity index (χ1) is 7.13. The Morgan fingerprint density at radius 1 is 1.60 bits per heavy atom. The number of rotatable bonds is 5. The van der Waals surface area contributed by atoms with Crippen molar-refractivity contribution in [3.05, 3.63) is 29.6 Å². The monoisotopic (exact) mass is 225 g/mol. The average Bonchev–Trinajstić information content (AvgIpc) is 2.26. The van der Waals surface area contributed by atoms with Gasteiger partial charge in [0.1, 0.15) is 0 Å². The van der Waals surface area contributed by atoms with Crippen molar-refractivity contribution in [3.63, 3.8) is 0 Å². The molecule has 1 atom stereocenters. The van der Waals surface area contributed by atoms with Crippen molar-refractivity contribution in [2.45, 2.75) is 31.3 Å². The van der Waals surface area contributed by atoms with Crippen molar-refractivity contribution in [2.24, 2.45) is 0 Å². The lowest BCUT2D eigenvalue weighted by Gasteiger charge is -2.07. The summed E-state index contributed by atoms with van der Waals surface area (Å²) in [6, 6.07) is 3.38. The molecule has 1 unspecified atom stereocenters. The summed E-state index contributed by atoms with van der Waals surface area (Å²) >= 11 is 1.83. The topological polar surface area (TPSA) is 50.2 Å². The van der Waals surface area contributed by atoms with Gasteiger partial charge in [-0.15, -0.1) is 0 Å². The van der Waals surface area contributed by atoms with Crippen LogP contribution >= 0.6 is 11.8 Å². The lowest BCUT2D eigenvalue weighted by molar-refractivity contribution is 0.0696. The molecule has 3 nitrogen and oxygen atoms in total. The maximum atomic E-state index is 10.6. The number of pyridine rings is 1. The number of hydrogen-bond acceptors (Lipinski definition) is 3. The minimum Gasteiger partial charge on any atom is -0.478 e. The summed E-state index contributed by atoms with van der Waals surface area (Å²) in [6.45, 7) is 4.33. The molecule has 0 fully saturated rings. The Balaban J connectivity index is 2.53. The minimum absolute atomic E-state index is 0.243. The maximum Gasteiger partial charge on any atom is 0.337 e. The Bertz CT molecular complexity index is 324. The van der Waals surface area contributed by atoms with E-state index in [2.05, 4.69) is 18.8 Å². The molecule has 4 heteroatoms. The second-order valence-corrected chi connectivity index (χ2v) is 4.80. The second kappa shape index (κ2) is 5.75. The summed E-state index contributed by atoms with van der Waals surface area (Å²) in [5.74, 6) is -0.0850. The van der Waals surface area contributed by atoms with E-state index in [9.17, 15) is 4.79 Å². The normalized spacial score (nSPS) is 12.4. The summed E-state index contributed by atoms with van der Waals surface area (Å²) in [5, 5.41) is 9.30. The summed E-state index contributed by atoms with van der Waals surface area (Å²) < 4.78 is 0. The number of hydrogen-bond donors (Lipinski definition) is 1. The highest BCUT2D eigenvalue weighted by molar-refractivity contribution is 7.99. The van der Waals surface area contributed by atoms with E-state index in [4.69, 9.17) is 5.11 Å². The molecular weight excluding hydrogens is 210 g/mol. The van der Waals surface area contributed by atoms with Gasteiger partial charge in [-0.2, -0.15) is 11.8 Å². The van der Waals surface area contributed by atoms with Gasteiger partial charge in [-0.1, -0.05) is 13.8 Å². The molecule has 0 aliphatic rings. The van der Waals surface area contributed by atoms with E-state index in [0.717, 1.165) is 17.9 Å². The number of carboxylic acids is 1. The van der Waals surface area contributed by atoms with Gasteiger partial charge < -0.3 is 5.11 Å². The Morgan fingerprint density at radius 3 is 2.80 bits per heavy atom. The number of aromatic carboxylic acids is 1. The molecule has 1 rings (SSSR count). The first-order valence-electron chi connectivity index (χ1n) is 4.93. The number of aromatic nitrogens is 1. The summed E-state index contributed by atoms with van der Waals surface area (Å²) in [4.78, 5) is 14.7. The van der Waals surface area contributed by atoms with Crippen molar-refractivity contribution >= 4 is 17.7 Å². The zero-order valence-corrected chi connectivity index (χ0v) is 9.75. The fourth-order valence-electron chi connectivity index (χ4n) is 0.982. The third-order valence-electron chi connectivity index (χ3n) is 2.16. The van der Waals surface area contributed by atoms with Crippen molar-refractivity contribution in [1.29, 1.82) is 0 Å². The van der Waals surface area contributed by atoms with Crippen molar-refractivity contribution in [1.82, 2.24) is 4.98 Å². The third kappa shape index (κ3) is 3.91. The summed E-state index contributed by atoms with van der Waals surface area (Å²) in [5.41, 5.74) is 1.18. The highest BCUT2D eigenvalue weighted by Crippen LogP contribution is 2.18. The largest absolute Gasteiger partial charge is 0.478 e. The number of carboxylic acid groups (broad SMARTS) is 1. The van der Waals surface area contributed by atoms with E-state index in [-0.39, 0.29) is 5.56 Å². The molecule has 0 saturated carbocycles. The second-order valence-electron chi connectivity index (χ2n) is 3.37. The van der Waals surface area contributed by atoms with Gasteiger partial charge in [0.05, 0.1) is 11.3 Å². The zero-order valence-electron chi connectivity index (χ0n) is 8.93. The van der Waals surface area contributed by atoms with Gasteiger partial charge in [-0.25, -0.2) is 4.79 Å². The van der Waals surface area contributed by atoms with Crippen LogP contribution in [0.1, 0.15) is 36.3 Å². The fraction of sp³-hybridized carbons (Fsp3) is 0.455. The van der Waals surface area contributed by atoms with Crippen LogP contribution in [0, 0.1) is 0 Å². The van der Waals surface area contributed by atoms with Gasteiger partial charge in [-0.05, 0) is 18.6 Å². The van der Waals surface area contributed by atoms with Crippen LogP contribution in [0.15, 0.2) is 18.3 Å². The van der Waals surface area contributed by atoms with Crippen LogP contribution in [-0.4, -0.2) is 21.3 Å². The average molecular weight is 225 g/mol. The van der Waals surface area contributed by atoms with Crippen LogP contribution in [0.4, 0.5) is 0 Å². The predicted octanol–water partition coefficient (Wildman–Crippen LogP) is 2.81. The Hall–Kier alpha value is -1.03. The lowest BCUT2D eigenvalue weighted by atomic mass is 10.2. The molecule has 15 heavy (non-hydrogen) atoms. The van der Waals surface area contributed by atoms with Crippen LogP contribution in [0.2, 0.25) is 0 Å². The highest BCUT2D eigenvalue weighted by atomic mass is 32.2. The third-order valence-corrected chi connectivity index (χ3v) is 3.53. The van der Waals surface area contributed by atoms with E-state index in [1.54, 1.807) is 12.1 Å². The first kappa shape index (κ1) is 12.0. The van der Waals surface area contributed by atoms with E-state index >= 15 is 0 Å². The molecule has 0 radical (unpaired) electrons. The number of thioether (sulfide) groups is 1. The molecule has 1 N–H and O–H groups in total. The molecule has 1 aromatic rings. The molecule has 82 valence electrons. The molecule has 0 saturated heterocycles. The Morgan fingerprint density at radius 2 is 2.33 bits per heavy atom. The van der Waals surface area contributed by atoms with Crippen LogP contribution < -0.4 is 0 Å². The van der Waals surface area contributed by atoms with Gasteiger partial charge in [0.15, 0.2) is 0 Å². The van der Waals surface area contributed by atoms with Gasteiger partial charge in [0.2, 0.25) is 0 Å². The van der Waals surface area contributed by atoms with Gasteiger partial charge in [0.25, 0.3) is 0 Å². The maximum absolute atomic E-state index is 10.6. The molecule has 0 aromatic carbocycles.